The highest BCUT2D eigenvalue weighted by Gasteiger charge is 2.22. The first-order chi connectivity index (χ1) is 14.0. The SMILES string of the molecule is COc1ccc(CC[NH+](C)[C@H](C)C(=O)NCc2ccc3c(c2)OCO3)cc1OC. The van der Waals surface area contributed by atoms with Gasteiger partial charge < -0.3 is 29.2 Å². The number of likely N-dealkylation sites (N-methyl/N-ethyl adjacent to an activating group) is 1. The summed E-state index contributed by atoms with van der Waals surface area (Å²) in [5.41, 5.74) is 2.13. The molecule has 0 spiro atoms. The topological polar surface area (TPSA) is 70.5 Å². The summed E-state index contributed by atoms with van der Waals surface area (Å²) in [5, 5.41) is 3.01. The predicted molar refractivity (Wildman–Crippen MR) is 109 cm³/mol. The van der Waals surface area contributed by atoms with E-state index in [1.165, 1.54) is 0 Å². The fourth-order valence-corrected chi connectivity index (χ4v) is 3.21. The normalized spacial score (nSPS) is 14.2. The molecule has 2 N–H and O–H groups in total. The lowest BCUT2D eigenvalue weighted by Crippen LogP contribution is -3.14. The number of carbonyl (C=O) groups is 1. The minimum atomic E-state index is -0.163. The molecular formula is C22H29N2O5+. The van der Waals surface area contributed by atoms with Crippen molar-refractivity contribution < 1.29 is 28.6 Å². The second kappa shape index (κ2) is 9.52. The Hall–Kier alpha value is -2.93. The van der Waals surface area contributed by atoms with E-state index in [0.29, 0.717) is 12.3 Å². The van der Waals surface area contributed by atoms with Crippen molar-refractivity contribution >= 4 is 5.91 Å². The average Bonchev–Trinajstić information content (AvgIpc) is 3.22. The minimum Gasteiger partial charge on any atom is -0.493 e. The summed E-state index contributed by atoms with van der Waals surface area (Å²) in [4.78, 5) is 13.7. The van der Waals surface area contributed by atoms with Crippen molar-refractivity contribution in [2.75, 3.05) is 34.6 Å². The molecule has 1 aliphatic rings. The van der Waals surface area contributed by atoms with Crippen molar-refractivity contribution in [1.29, 1.82) is 0 Å². The Labute approximate surface area is 171 Å². The van der Waals surface area contributed by atoms with Gasteiger partial charge in [-0.25, -0.2) is 0 Å². The van der Waals surface area contributed by atoms with Gasteiger partial charge in [0.05, 0.1) is 27.8 Å². The van der Waals surface area contributed by atoms with Crippen LogP contribution in [0.5, 0.6) is 23.0 Å². The van der Waals surface area contributed by atoms with Crippen LogP contribution < -0.4 is 29.2 Å². The van der Waals surface area contributed by atoms with E-state index in [1.54, 1.807) is 14.2 Å². The fraction of sp³-hybridized carbons (Fsp3) is 0.409. The standard InChI is InChI=1S/C22H28N2O5/c1-15(22(25)23-13-17-6-8-19-21(12-17)29-14-28-19)24(2)10-9-16-5-7-18(26-3)20(11-16)27-4/h5-8,11-12,15H,9-10,13-14H2,1-4H3,(H,23,25)/p+1/t15-/m1/s1. The van der Waals surface area contributed by atoms with E-state index in [-0.39, 0.29) is 18.7 Å². The molecule has 7 nitrogen and oxygen atoms in total. The van der Waals surface area contributed by atoms with Crippen LogP contribution in [0.15, 0.2) is 36.4 Å². The van der Waals surface area contributed by atoms with Gasteiger partial charge in [0.15, 0.2) is 29.0 Å². The van der Waals surface area contributed by atoms with E-state index in [9.17, 15) is 4.79 Å². The summed E-state index contributed by atoms with van der Waals surface area (Å²) in [5.74, 6) is 2.92. The lowest BCUT2D eigenvalue weighted by molar-refractivity contribution is -0.894. The number of quaternary nitrogens is 1. The monoisotopic (exact) mass is 401 g/mol. The van der Waals surface area contributed by atoms with Gasteiger partial charge in [-0.15, -0.1) is 0 Å². The van der Waals surface area contributed by atoms with Gasteiger partial charge in [0, 0.05) is 13.0 Å². The Bertz CT molecular complexity index is 855. The second-order valence-electron chi connectivity index (χ2n) is 7.16. The number of fused-ring (bicyclic) bond motifs is 1. The van der Waals surface area contributed by atoms with Gasteiger partial charge in [-0.1, -0.05) is 12.1 Å². The van der Waals surface area contributed by atoms with Crippen molar-refractivity contribution in [2.24, 2.45) is 0 Å². The van der Waals surface area contributed by atoms with Gasteiger partial charge in [-0.05, 0) is 42.3 Å². The maximum Gasteiger partial charge on any atom is 0.278 e. The van der Waals surface area contributed by atoms with Crippen LogP contribution in [0, 0.1) is 0 Å². The molecular weight excluding hydrogens is 372 g/mol. The quantitative estimate of drug-likeness (QED) is 0.661. The number of carbonyl (C=O) groups excluding carboxylic acids is 1. The number of hydrogen-bond acceptors (Lipinski definition) is 5. The number of benzene rings is 2. The van der Waals surface area contributed by atoms with E-state index in [2.05, 4.69) is 5.32 Å². The molecule has 1 amide bonds. The predicted octanol–water partition coefficient (Wildman–Crippen LogP) is 1.19. The largest absolute Gasteiger partial charge is 0.493 e. The third-order valence-electron chi connectivity index (χ3n) is 5.29. The van der Waals surface area contributed by atoms with Crippen LogP contribution in [-0.2, 0) is 17.8 Å². The molecule has 156 valence electrons. The summed E-state index contributed by atoms with van der Waals surface area (Å²) in [6.07, 6.45) is 0.839. The van der Waals surface area contributed by atoms with Gasteiger partial charge in [-0.3, -0.25) is 4.79 Å². The van der Waals surface area contributed by atoms with Crippen LogP contribution in [-0.4, -0.2) is 46.6 Å². The molecule has 2 aromatic carbocycles. The average molecular weight is 401 g/mol. The smallest absolute Gasteiger partial charge is 0.278 e. The third kappa shape index (κ3) is 5.12. The Morgan fingerprint density at radius 2 is 1.79 bits per heavy atom. The molecule has 1 aliphatic heterocycles. The van der Waals surface area contributed by atoms with Crippen LogP contribution >= 0.6 is 0 Å². The number of amides is 1. The maximum atomic E-state index is 12.6. The highest BCUT2D eigenvalue weighted by atomic mass is 16.7. The molecule has 7 heteroatoms. The zero-order valence-corrected chi connectivity index (χ0v) is 17.4. The Kier molecular flexibility index (Phi) is 6.82. The van der Waals surface area contributed by atoms with Crippen molar-refractivity contribution in [1.82, 2.24) is 5.32 Å². The summed E-state index contributed by atoms with van der Waals surface area (Å²) >= 11 is 0. The van der Waals surface area contributed by atoms with Crippen molar-refractivity contribution in [2.45, 2.75) is 25.9 Å². The number of rotatable bonds is 9. The van der Waals surface area contributed by atoms with Crippen LogP contribution in [0.1, 0.15) is 18.1 Å². The highest BCUT2D eigenvalue weighted by molar-refractivity contribution is 5.79. The molecule has 1 heterocycles. The van der Waals surface area contributed by atoms with E-state index in [0.717, 1.165) is 46.2 Å². The molecule has 2 atom stereocenters. The van der Waals surface area contributed by atoms with E-state index < -0.39 is 0 Å². The Morgan fingerprint density at radius 1 is 1.07 bits per heavy atom. The summed E-state index contributed by atoms with van der Waals surface area (Å²) in [7, 11) is 5.29. The summed E-state index contributed by atoms with van der Waals surface area (Å²) in [6, 6.07) is 11.5. The molecule has 0 saturated carbocycles. The lowest BCUT2D eigenvalue weighted by Gasteiger charge is -2.21. The summed E-state index contributed by atoms with van der Waals surface area (Å²) < 4.78 is 21.3. The van der Waals surface area contributed by atoms with E-state index in [1.807, 2.05) is 50.4 Å². The molecule has 0 aliphatic carbocycles. The van der Waals surface area contributed by atoms with Gasteiger partial charge in [-0.2, -0.15) is 0 Å². The summed E-state index contributed by atoms with van der Waals surface area (Å²) in [6.45, 7) is 3.48. The zero-order valence-electron chi connectivity index (χ0n) is 17.4. The molecule has 1 unspecified atom stereocenters. The number of ether oxygens (including phenoxy) is 4. The third-order valence-corrected chi connectivity index (χ3v) is 5.29. The van der Waals surface area contributed by atoms with Crippen LogP contribution in [0.2, 0.25) is 0 Å². The van der Waals surface area contributed by atoms with Gasteiger partial charge in [0.2, 0.25) is 6.79 Å². The van der Waals surface area contributed by atoms with Crippen molar-refractivity contribution in [3.05, 3.63) is 47.5 Å². The van der Waals surface area contributed by atoms with Gasteiger partial charge in [0.25, 0.3) is 5.91 Å². The molecule has 3 rings (SSSR count). The zero-order chi connectivity index (χ0) is 20.8. The number of methoxy groups -OCH3 is 2. The molecule has 0 saturated heterocycles. The first kappa shape index (κ1) is 20.8. The second-order valence-corrected chi connectivity index (χ2v) is 7.16. The van der Waals surface area contributed by atoms with Gasteiger partial charge in [0.1, 0.15) is 0 Å². The molecule has 0 aromatic heterocycles. The Morgan fingerprint density at radius 3 is 2.55 bits per heavy atom. The van der Waals surface area contributed by atoms with Crippen molar-refractivity contribution in [3.8, 4) is 23.0 Å². The first-order valence-corrected chi connectivity index (χ1v) is 9.71. The maximum absolute atomic E-state index is 12.6. The number of hydrogen-bond donors (Lipinski definition) is 2. The van der Waals surface area contributed by atoms with Crippen LogP contribution in [0.25, 0.3) is 0 Å². The van der Waals surface area contributed by atoms with Gasteiger partial charge >= 0.3 is 0 Å². The molecule has 29 heavy (non-hydrogen) atoms. The molecule has 2 aromatic rings. The highest BCUT2D eigenvalue weighted by Crippen LogP contribution is 2.32. The Balaban J connectivity index is 1.49. The molecule has 0 bridgehead atoms. The fourth-order valence-electron chi connectivity index (χ4n) is 3.21. The van der Waals surface area contributed by atoms with Crippen LogP contribution in [0.4, 0.5) is 0 Å². The molecule has 0 fully saturated rings. The minimum absolute atomic E-state index is 0.0208. The molecule has 0 radical (unpaired) electrons. The van der Waals surface area contributed by atoms with Crippen molar-refractivity contribution in [3.63, 3.8) is 0 Å². The lowest BCUT2D eigenvalue weighted by atomic mass is 10.1. The number of nitrogens with one attached hydrogen (secondary N) is 2. The van der Waals surface area contributed by atoms with E-state index in [4.69, 9.17) is 18.9 Å². The first-order valence-electron chi connectivity index (χ1n) is 9.71. The van der Waals surface area contributed by atoms with E-state index >= 15 is 0 Å². The van der Waals surface area contributed by atoms with Crippen LogP contribution in [0.3, 0.4) is 0 Å².